The standard InChI is InChI=1S/C15H13Cl/c16-12-15-10-8-14(9-11-15)7-6-13-4-2-1-3-5-13/h1-11H,12H2/b7-6+. The predicted octanol–water partition coefficient (Wildman–Crippen LogP) is 4.60. The molecule has 2 aromatic rings. The fraction of sp³-hybridized carbons (Fsp3) is 0.0667. The normalized spacial score (nSPS) is 10.8. The first kappa shape index (κ1) is 11.0. The molecule has 0 unspecified atom stereocenters. The summed E-state index contributed by atoms with van der Waals surface area (Å²) in [6.07, 6.45) is 4.21. The van der Waals surface area contributed by atoms with Crippen molar-refractivity contribution < 1.29 is 0 Å². The van der Waals surface area contributed by atoms with Crippen molar-refractivity contribution >= 4 is 23.8 Å². The van der Waals surface area contributed by atoms with Crippen LogP contribution in [0.2, 0.25) is 0 Å². The average molecular weight is 229 g/mol. The largest absolute Gasteiger partial charge is 0.122 e. The van der Waals surface area contributed by atoms with Crippen molar-refractivity contribution in [2.45, 2.75) is 5.88 Å². The zero-order valence-electron chi connectivity index (χ0n) is 8.94. The predicted molar refractivity (Wildman–Crippen MR) is 71.4 cm³/mol. The number of alkyl halides is 1. The summed E-state index contributed by atoms with van der Waals surface area (Å²) in [7, 11) is 0. The Morgan fingerprint density at radius 1 is 0.750 bits per heavy atom. The lowest BCUT2D eigenvalue weighted by atomic mass is 10.1. The Kier molecular flexibility index (Phi) is 3.79. The molecule has 0 aliphatic heterocycles. The van der Waals surface area contributed by atoms with Gasteiger partial charge in [0.2, 0.25) is 0 Å². The SMILES string of the molecule is ClCc1ccc(/C=C/c2ccccc2)cc1. The first-order valence-electron chi connectivity index (χ1n) is 5.26. The topological polar surface area (TPSA) is 0 Å². The quantitative estimate of drug-likeness (QED) is 0.532. The van der Waals surface area contributed by atoms with E-state index in [1.165, 1.54) is 11.1 Å². The summed E-state index contributed by atoms with van der Waals surface area (Å²) < 4.78 is 0. The Bertz CT molecular complexity index is 455. The van der Waals surface area contributed by atoms with Crippen molar-refractivity contribution in [2.75, 3.05) is 0 Å². The van der Waals surface area contributed by atoms with Crippen molar-refractivity contribution in [1.29, 1.82) is 0 Å². The van der Waals surface area contributed by atoms with Crippen LogP contribution in [0.5, 0.6) is 0 Å². The summed E-state index contributed by atoms with van der Waals surface area (Å²) >= 11 is 5.73. The second-order valence-corrected chi connectivity index (χ2v) is 3.89. The van der Waals surface area contributed by atoms with Crippen LogP contribution in [0.15, 0.2) is 54.6 Å². The Balaban J connectivity index is 2.12. The first-order valence-corrected chi connectivity index (χ1v) is 5.80. The van der Waals surface area contributed by atoms with Gasteiger partial charge in [0, 0.05) is 5.88 Å². The molecule has 2 aromatic carbocycles. The van der Waals surface area contributed by atoms with Gasteiger partial charge in [0.1, 0.15) is 0 Å². The molecule has 0 aromatic heterocycles. The monoisotopic (exact) mass is 228 g/mol. The number of benzene rings is 2. The molecular weight excluding hydrogens is 216 g/mol. The van der Waals surface area contributed by atoms with Gasteiger partial charge >= 0.3 is 0 Å². The Morgan fingerprint density at radius 3 is 1.88 bits per heavy atom. The number of rotatable bonds is 3. The van der Waals surface area contributed by atoms with Crippen LogP contribution in [0, 0.1) is 0 Å². The summed E-state index contributed by atoms with van der Waals surface area (Å²) in [6, 6.07) is 18.5. The highest BCUT2D eigenvalue weighted by molar-refractivity contribution is 6.17. The molecule has 0 saturated heterocycles. The Morgan fingerprint density at radius 2 is 1.31 bits per heavy atom. The highest BCUT2D eigenvalue weighted by Crippen LogP contribution is 2.10. The van der Waals surface area contributed by atoms with Crippen molar-refractivity contribution in [2.24, 2.45) is 0 Å². The minimum atomic E-state index is 0.572. The molecule has 0 spiro atoms. The van der Waals surface area contributed by atoms with Crippen molar-refractivity contribution in [3.8, 4) is 0 Å². The molecule has 0 fully saturated rings. The molecule has 0 aliphatic carbocycles. The Labute approximate surface area is 101 Å². The smallest absolute Gasteiger partial charge is 0.0474 e. The maximum atomic E-state index is 5.73. The van der Waals surface area contributed by atoms with E-state index in [-0.39, 0.29) is 0 Å². The lowest BCUT2D eigenvalue weighted by Gasteiger charge is -1.96. The van der Waals surface area contributed by atoms with Crippen LogP contribution in [0.3, 0.4) is 0 Å². The summed E-state index contributed by atoms with van der Waals surface area (Å²) in [5.41, 5.74) is 3.56. The number of halogens is 1. The summed E-state index contributed by atoms with van der Waals surface area (Å²) in [4.78, 5) is 0. The van der Waals surface area contributed by atoms with E-state index in [9.17, 15) is 0 Å². The molecule has 1 heteroatoms. The fourth-order valence-corrected chi connectivity index (χ4v) is 1.65. The third-order valence-corrected chi connectivity index (χ3v) is 2.71. The van der Waals surface area contributed by atoms with Crippen molar-refractivity contribution in [1.82, 2.24) is 0 Å². The minimum Gasteiger partial charge on any atom is -0.122 e. The molecule has 2 rings (SSSR count). The van der Waals surface area contributed by atoms with Gasteiger partial charge in [0.15, 0.2) is 0 Å². The maximum Gasteiger partial charge on any atom is 0.0474 e. The lowest BCUT2D eigenvalue weighted by molar-refractivity contribution is 1.40. The van der Waals surface area contributed by atoms with Gasteiger partial charge in [-0.25, -0.2) is 0 Å². The van der Waals surface area contributed by atoms with Gasteiger partial charge in [-0.3, -0.25) is 0 Å². The second kappa shape index (κ2) is 5.53. The van der Waals surface area contributed by atoms with Gasteiger partial charge in [-0.05, 0) is 16.7 Å². The molecule has 16 heavy (non-hydrogen) atoms. The van der Waals surface area contributed by atoms with Crippen LogP contribution in [-0.2, 0) is 5.88 Å². The summed E-state index contributed by atoms with van der Waals surface area (Å²) in [6.45, 7) is 0. The van der Waals surface area contributed by atoms with E-state index in [0.29, 0.717) is 5.88 Å². The molecule has 80 valence electrons. The summed E-state index contributed by atoms with van der Waals surface area (Å²) in [5.74, 6) is 0.572. The average Bonchev–Trinajstić information content (AvgIpc) is 2.38. The van der Waals surface area contributed by atoms with Crippen molar-refractivity contribution in [3.05, 3.63) is 71.3 Å². The fourth-order valence-electron chi connectivity index (χ4n) is 1.47. The first-order chi connectivity index (χ1) is 7.88. The van der Waals surface area contributed by atoms with E-state index in [2.05, 4.69) is 48.6 Å². The third kappa shape index (κ3) is 2.98. The Hall–Kier alpha value is -1.53. The zero-order chi connectivity index (χ0) is 11.2. The van der Waals surface area contributed by atoms with Gasteiger partial charge in [-0.15, -0.1) is 11.6 Å². The molecule has 0 saturated carbocycles. The minimum absolute atomic E-state index is 0.572. The molecule has 0 bridgehead atoms. The molecular formula is C15H13Cl. The highest BCUT2D eigenvalue weighted by atomic mass is 35.5. The van der Waals surface area contributed by atoms with E-state index in [1.807, 2.05) is 18.2 Å². The molecule has 0 amide bonds. The molecule has 0 aliphatic rings. The van der Waals surface area contributed by atoms with Gasteiger partial charge < -0.3 is 0 Å². The van der Waals surface area contributed by atoms with Crippen molar-refractivity contribution in [3.63, 3.8) is 0 Å². The van der Waals surface area contributed by atoms with Crippen LogP contribution in [0.25, 0.3) is 12.2 Å². The van der Waals surface area contributed by atoms with Crippen LogP contribution >= 0.6 is 11.6 Å². The lowest BCUT2D eigenvalue weighted by Crippen LogP contribution is -1.77. The van der Waals surface area contributed by atoms with Crippen LogP contribution in [0.1, 0.15) is 16.7 Å². The molecule has 0 atom stereocenters. The molecule has 0 heterocycles. The molecule has 0 N–H and O–H groups in total. The van der Waals surface area contributed by atoms with Gasteiger partial charge in [-0.1, -0.05) is 66.7 Å². The van der Waals surface area contributed by atoms with Crippen LogP contribution in [-0.4, -0.2) is 0 Å². The highest BCUT2D eigenvalue weighted by Gasteiger charge is 1.90. The van der Waals surface area contributed by atoms with Crippen LogP contribution < -0.4 is 0 Å². The van der Waals surface area contributed by atoms with E-state index in [1.54, 1.807) is 0 Å². The molecule has 0 radical (unpaired) electrons. The zero-order valence-corrected chi connectivity index (χ0v) is 9.69. The van der Waals surface area contributed by atoms with E-state index in [0.717, 1.165) is 5.56 Å². The van der Waals surface area contributed by atoms with Gasteiger partial charge in [0.25, 0.3) is 0 Å². The number of hydrogen-bond donors (Lipinski definition) is 0. The maximum absolute atomic E-state index is 5.73. The van der Waals surface area contributed by atoms with Gasteiger partial charge in [0.05, 0.1) is 0 Å². The molecule has 0 nitrogen and oxygen atoms in total. The van der Waals surface area contributed by atoms with E-state index >= 15 is 0 Å². The number of hydrogen-bond acceptors (Lipinski definition) is 0. The van der Waals surface area contributed by atoms with E-state index < -0.39 is 0 Å². The second-order valence-electron chi connectivity index (χ2n) is 3.62. The van der Waals surface area contributed by atoms with Crippen LogP contribution in [0.4, 0.5) is 0 Å². The third-order valence-electron chi connectivity index (χ3n) is 2.40. The van der Waals surface area contributed by atoms with E-state index in [4.69, 9.17) is 11.6 Å². The summed E-state index contributed by atoms with van der Waals surface area (Å²) in [5, 5.41) is 0. The van der Waals surface area contributed by atoms with Gasteiger partial charge in [-0.2, -0.15) is 0 Å².